The molecule has 4 nitrogen and oxygen atoms in total. The van der Waals surface area contributed by atoms with Gasteiger partial charge in [-0.25, -0.2) is 0 Å². The number of nitrogens with zero attached hydrogens (tertiary/aromatic N) is 1. The maximum Gasteiger partial charge on any atom is 0.323 e. The second-order valence-electron chi connectivity index (χ2n) is 5.91. The largest absolute Gasteiger partial charge is 0.480 e. The molecule has 1 rings (SSSR count). The Bertz CT molecular complexity index is 283. The lowest BCUT2D eigenvalue weighted by molar-refractivity contribution is -0.144. The fourth-order valence-electron chi connectivity index (χ4n) is 2.96. The molecule has 0 aromatic rings. The smallest absolute Gasteiger partial charge is 0.323 e. The molecular formula is C15H30N2O2. The molecule has 19 heavy (non-hydrogen) atoms. The molecule has 1 aliphatic rings. The number of nitrogens with one attached hydrogen (secondary N) is 1. The lowest BCUT2D eigenvalue weighted by atomic mass is 9.95. The number of rotatable bonds is 9. The minimum atomic E-state index is -0.766. The first-order valence-electron chi connectivity index (χ1n) is 7.76. The van der Waals surface area contributed by atoms with Gasteiger partial charge in [0.05, 0.1) is 0 Å². The highest BCUT2D eigenvalue weighted by Gasteiger charge is 2.32. The van der Waals surface area contributed by atoms with Gasteiger partial charge >= 0.3 is 5.97 Å². The summed E-state index contributed by atoms with van der Waals surface area (Å²) in [6.45, 7) is 9.11. The Morgan fingerprint density at radius 3 is 2.79 bits per heavy atom. The van der Waals surface area contributed by atoms with Crippen molar-refractivity contribution in [3.05, 3.63) is 0 Å². The van der Waals surface area contributed by atoms with E-state index in [2.05, 4.69) is 24.1 Å². The molecule has 0 aliphatic carbocycles. The normalized spacial score (nSPS) is 23.4. The highest BCUT2D eigenvalue weighted by Crippen LogP contribution is 2.21. The van der Waals surface area contributed by atoms with Crippen LogP contribution in [0.4, 0.5) is 0 Å². The molecule has 112 valence electrons. The summed E-state index contributed by atoms with van der Waals surface area (Å²) >= 11 is 0. The summed E-state index contributed by atoms with van der Waals surface area (Å²) in [6, 6.07) is 0.722. The van der Waals surface area contributed by atoms with Gasteiger partial charge in [-0.2, -0.15) is 0 Å². The van der Waals surface area contributed by atoms with Crippen LogP contribution in [-0.4, -0.2) is 47.2 Å². The Hall–Kier alpha value is -0.610. The van der Waals surface area contributed by atoms with E-state index < -0.39 is 11.5 Å². The Morgan fingerprint density at radius 1 is 1.47 bits per heavy atom. The Morgan fingerprint density at radius 2 is 2.21 bits per heavy atom. The predicted molar refractivity (Wildman–Crippen MR) is 78.5 cm³/mol. The van der Waals surface area contributed by atoms with Gasteiger partial charge in [0.2, 0.25) is 0 Å². The zero-order chi connectivity index (χ0) is 14.3. The van der Waals surface area contributed by atoms with Crippen LogP contribution >= 0.6 is 0 Å². The number of likely N-dealkylation sites (tertiary alicyclic amines) is 1. The molecule has 0 radical (unpaired) electrons. The lowest BCUT2D eigenvalue weighted by Crippen LogP contribution is -2.50. The van der Waals surface area contributed by atoms with Gasteiger partial charge < -0.3 is 15.3 Å². The van der Waals surface area contributed by atoms with Gasteiger partial charge in [-0.05, 0) is 65.1 Å². The summed E-state index contributed by atoms with van der Waals surface area (Å²) < 4.78 is 0. The third-order valence-electron chi connectivity index (χ3n) is 4.33. The minimum absolute atomic E-state index is 0.704. The zero-order valence-corrected chi connectivity index (χ0v) is 12.7. The van der Waals surface area contributed by atoms with Crippen LogP contribution < -0.4 is 5.32 Å². The van der Waals surface area contributed by atoms with Crippen molar-refractivity contribution in [3.8, 4) is 0 Å². The maximum absolute atomic E-state index is 11.4. The van der Waals surface area contributed by atoms with Crippen molar-refractivity contribution >= 4 is 5.97 Å². The van der Waals surface area contributed by atoms with Crippen molar-refractivity contribution in [2.75, 3.05) is 19.6 Å². The molecule has 0 bridgehead atoms. The van der Waals surface area contributed by atoms with Crippen molar-refractivity contribution in [2.45, 2.75) is 70.9 Å². The molecule has 2 unspecified atom stereocenters. The first-order valence-corrected chi connectivity index (χ1v) is 7.76. The van der Waals surface area contributed by atoms with Crippen molar-refractivity contribution < 1.29 is 9.90 Å². The molecule has 2 N–H and O–H groups in total. The number of hydrogen-bond donors (Lipinski definition) is 2. The van der Waals surface area contributed by atoms with Crippen LogP contribution in [-0.2, 0) is 4.79 Å². The molecule has 1 heterocycles. The zero-order valence-electron chi connectivity index (χ0n) is 12.7. The van der Waals surface area contributed by atoms with E-state index in [0.717, 1.165) is 32.0 Å². The summed E-state index contributed by atoms with van der Waals surface area (Å²) in [6.07, 6.45) is 6.44. The molecule has 4 heteroatoms. The summed E-state index contributed by atoms with van der Waals surface area (Å²) in [5.41, 5.74) is -0.766. The summed E-state index contributed by atoms with van der Waals surface area (Å²) in [4.78, 5) is 13.9. The predicted octanol–water partition coefficient (Wildman–Crippen LogP) is 2.48. The Balaban J connectivity index is 2.37. The first-order chi connectivity index (χ1) is 9.03. The highest BCUT2D eigenvalue weighted by molar-refractivity contribution is 5.78. The van der Waals surface area contributed by atoms with E-state index in [-0.39, 0.29) is 0 Å². The number of carboxylic acid groups (broad SMARTS) is 1. The molecule has 0 aromatic heterocycles. The van der Waals surface area contributed by atoms with E-state index in [1.165, 1.54) is 25.8 Å². The maximum atomic E-state index is 11.4. The van der Waals surface area contributed by atoms with Crippen LogP contribution in [0.15, 0.2) is 0 Å². The SMILES string of the molecule is CCCNC(C)(CCCN1CCCC1CC)C(=O)O. The van der Waals surface area contributed by atoms with Crippen molar-refractivity contribution in [1.29, 1.82) is 0 Å². The molecule has 1 aliphatic heterocycles. The van der Waals surface area contributed by atoms with Crippen LogP contribution in [0, 0.1) is 0 Å². The molecule has 2 atom stereocenters. The van der Waals surface area contributed by atoms with Gasteiger partial charge in [0.1, 0.15) is 5.54 Å². The first kappa shape index (κ1) is 16.4. The average Bonchev–Trinajstić information content (AvgIpc) is 2.83. The van der Waals surface area contributed by atoms with Gasteiger partial charge in [0.15, 0.2) is 0 Å². The van der Waals surface area contributed by atoms with E-state index in [0.29, 0.717) is 6.42 Å². The second kappa shape index (κ2) is 7.85. The van der Waals surface area contributed by atoms with Crippen LogP contribution in [0.1, 0.15) is 59.3 Å². The minimum Gasteiger partial charge on any atom is -0.480 e. The third kappa shape index (κ3) is 4.77. The highest BCUT2D eigenvalue weighted by atomic mass is 16.4. The van der Waals surface area contributed by atoms with Gasteiger partial charge in [0.25, 0.3) is 0 Å². The third-order valence-corrected chi connectivity index (χ3v) is 4.33. The molecule has 1 saturated heterocycles. The summed E-state index contributed by atoms with van der Waals surface area (Å²) in [7, 11) is 0. The Labute approximate surface area is 117 Å². The average molecular weight is 270 g/mol. The van der Waals surface area contributed by atoms with Crippen molar-refractivity contribution in [3.63, 3.8) is 0 Å². The number of carboxylic acids is 1. The molecular weight excluding hydrogens is 240 g/mol. The topological polar surface area (TPSA) is 52.6 Å². The molecule has 0 amide bonds. The second-order valence-corrected chi connectivity index (χ2v) is 5.91. The van der Waals surface area contributed by atoms with E-state index in [1.807, 2.05) is 6.92 Å². The lowest BCUT2D eigenvalue weighted by Gasteiger charge is -2.28. The fourth-order valence-corrected chi connectivity index (χ4v) is 2.96. The standard InChI is InChI=1S/C15H30N2O2/c1-4-10-16-15(3,14(18)19)9-7-12-17-11-6-8-13(17)5-2/h13,16H,4-12H2,1-3H3,(H,18,19). The van der Waals surface area contributed by atoms with E-state index in [9.17, 15) is 9.90 Å². The Kier molecular flexibility index (Phi) is 6.80. The van der Waals surface area contributed by atoms with Crippen LogP contribution in [0.2, 0.25) is 0 Å². The van der Waals surface area contributed by atoms with Gasteiger partial charge in [-0.1, -0.05) is 13.8 Å². The van der Waals surface area contributed by atoms with E-state index in [1.54, 1.807) is 0 Å². The van der Waals surface area contributed by atoms with Crippen LogP contribution in [0.5, 0.6) is 0 Å². The van der Waals surface area contributed by atoms with Crippen LogP contribution in [0.3, 0.4) is 0 Å². The monoisotopic (exact) mass is 270 g/mol. The summed E-state index contributed by atoms with van der Waals surface area (Å²) in [5, 5.41) is 12.6. The molecule has 1 fully saturated rings. The van der Waals surface area contributed by atoms with Gasteiger partial charge in [-0.15, -0.1) is 0 Å². The van der Waals surface area contributed by atoms with Crippen LogP contribution in [0.25, 0.3) is 0 Å². The quantitative estimate of drug-likeness (QED) is 0.676. The fraction of sp³-hybridized carbons (Fsp3) is 0.933. The summed E-state index contributed by atoms with van der Waals surface area (Å²) in [5.74, 6) is -0.727. The van der Waals surface area contributed by atoms with E-state index >= 15 is 0 Å². The van der Waals surface area contributed by atoms with Crippen molar-refractivity contribution in [1.82, 2.24) is 10.2 Å². The molecule has 0 saturated carbocycles. The van der Waals surface area contributed by atoms with E-state index in [4.69, 9.17) is 0 Å². The number of carbonyl (C=O) groups is 1. The number of hydrogen-bond acceptors (Lipinski definition) is 3. The molecule has 0 spiro atoms. The molecule has 0 aromatic carbocycles. The van der Waals surface area contributed by atoms with Gasteiger partial charge in [-0.3, -0.25) is 4.79 Å². The van der Waals surface area contributed by atoms with Gasteiger partial charge in [0, 0.05) is 6.04 Å². The number of aliphatic carboxylic acids is 1. The van der Waals surface area contributed by atoms with Crippen molar-refractivity contribution in [2.24, 2.45) is 0 Å².